The Kier molecular flexibility index (Phi) is 14.1. The number of rotatable bonds is 16. The van der Waals surface area contributed by atoms with E-state index in [4.69, 9.17) is 13.6 Å². The summed E-state index contributed by atoms with van der Waals surface area (Å²) in [5, 5.41) is 42.1. The van der Waals surface area contributed by atoms with Crippen molar-refractivity contribution in [3.05, 3.63) is 88.9 Å². The second-order valence-electron chi connectivity index (χ2n) is 24.7. The van der Waals surface area contributed by atoms with Crippen LogP contribution >= 0.6 is 11.8 Å². The van der Waals surface area contributed by atoms with E-state index in [9.17, 15) is 15.3 Å². The highest BCUT2D eigenvalue weighted by atomic mass is 32.2. The Morgan fingerprint density at radius 2 is 1.72 bits per heavy atom. The number of piperidine rings is 1. The summed E-state index contributed by atoms with van der Waals surface area (Å²) in [4.78, 5) is 51.0. The summed E-state index contributed by atoms with van der Waals surface area (Å²) >= 11 is 1.65. The predicted molar refractivity (Wildman–Crippen MR) is 301 cm³/mol. The van der Waals surface area contributed by atoms with Gasteiger partial charge in [-0.25, -0.2) is 9.97 Å². The number of nitrogens with zero attached hydrogens (tertiary/aromatic N) is 5. The van der Waals surface area contributed by atoms with Crippen LogP contribution in [0.2, 0.25) is 32.2 Å². The van der Waals surface area contributed by atoms with Crippen LogP contribution in [0, 0.1) is 18.3 Å². The summed E-state index contributed by atoms with van der Waals surface area (Å²) < 4.78 is 19.6. The molecule has 0 amide bonds. The summed E-state index contributed by atoms with van der Waals surface area (Å²) in [6.45, 7) is 20.5. The maximum absolute atomic E-state index is 15.7. The fourth-order valence-corrected chi connectivity index (χ4v) is 26.5. The molecule has 1 aliphatic carbocycles. The van der Waals surface area contributed by atoms with Crippen molar-refractivity contribution in [2.24, 2.45) is 11.3 Å². The zero-order valence-corrected chi connectivity index (χ0v) is 49.2. The molecule has 2 aromatic carbocycles. The van der Waals surface area contributed by atoms with Crippen LogP contribution in [0.4, 0.5) is 5.69 Å². The second kappa shape index (κ2) is 19.5. The molecule has 7 heterocycles. The Morgan fingerprint density at radius 3 is 2.43 bits per heavy atom. The van der Waals surface area contributed by atoms with Crippen molar-refractivity contribution in [2.75, 3.05) is 64.3 Å². The smallest absolute Gasteiger partial charge is 0.322 e. The number of H-pyrrole nitrogens is 1. The molecular formula is C58H82N6O8SSi2. The molecule has 1 spiro atoms. The first kappa shape index (κ1) is 54.4. The van der Waals surface area contributed by atoms with Gasteiger partial charge in [-0.05, 0) is 132 Å². The minimum atomic E-state index is -2.22. The molecular weight excluding hydrogens is 997 g/mol. The average Bonchev–Trinajstić information content (AvgIpc) is 4.27. The zero-order valence-electron chi connectivity index (χ0n) is 46.3. The second-order valence-corrected chi connectivity index (χ2v) is 34.9. The van der Waals surface area contributed by atoms with Gasteiger partial charge in [-0.2, -0.15) is 0 Å². The standard InChI is InChI=1S/C58H82N6O8SSi2/c1-12-54(68)31-39-32-56(51(67)71-7,48-41(22-26-63(35-39)36-54)40-19-14-15-20-44(40)61-48)43-29-42-45(30-46(43)70-6)62(5)53(4)57(42)24-27-64-25-18-23-55(13-2,49(57)64)50(66)58(53,69)47(65)21-16-17-28-74(8,9)72-75(10,11)37-73-52-59-33-38(3)34-60-52/h14-15,18-20,23,29-30,33-34,39,49-50,61,66,68-69H,12-13,16-17,21-22,24-28,31-32,35-37H2,1-11H3/t39-,49-,50+,53+,54-,55+,56-,57+,58+/m0/s1. The first-order valence-corrected chi connectivity index (χ1v) is 34.8. The molecule has 6 aliphatic rings. The van der Waals surface area contributed by atoms with Crippen molar-refractivity contribution in [2.45, 2.75) is 163 Å². The van der Waals surface area contributed by atoms with E-state index in [1.54, 1.807) is 18.9 Å². The number of likely N-dealkylation sites (N-methyl/N-ethyl adjacent to an activating group) is 1. The number of hydrogen-bond acceptors (Lipinski definition) is 14. The highest BCUT2D eigenvalue weighted by Crippen LogP contribution is 2.72. The molecule has 2 bridgehead atoms. The van der Waals surface area contributed by atoms with Crippen LogP contribution in [0.3, 0.4) is 0 Å². The van der Waals surface area contributed by atoms with E-state index in [1.807, 2.05) is 58.4 Å². The zero-order chi connectivity index (χ0) is 53.7. The van der Waals surface area contributed by atoms with Gasteiger partial charge in [0.2, 0.25) is 0 Å². The SMILES string of the molecule is CC[C@]1(O)C[C@@H]2CN(CCc3c([nH]c4ccccc34)[C@@](C(=O)OC)(c3cc4c(cc3OC)N(C)[C@@]3(C)[C@@](O)(C(=O)CCCC[Si](C)(C)O[Si](C)(C)CSc5ncc(C)cn5)[C@H](O)[C@]5(CC)C=CCN6CC[C@]43[C@@H]65)C2)C1. The lowest BCUT2D eigenvalue weighted by Gasteiger charge is -2.68. The number of aliphatic hydroxyl groups is 3. The molecule has 3 fully saturated rings. The Labute approximate surface area is 450 Å². The van der Waals surface area contributed by atoms with Crippen LogP contribution in [0.15, 0.2) is 66.1 Å². The van der Waals surface area contributed by atoms with Gasteiger partial charge in [0.1, 0.15) is 17.3 Å². The number of carbonyl (C=O) groups excluding carboxylic acids is 2. The van der Waals surface area contributed by atoms with Crippen LogP contribution in [-0.4, -0.2) is 157 Å². The summed E-state index contributed by atoms with van der Waals surface area (Å²) in [5.74, 6) is -0.376. The Balaban J connectivity index is 1.06. The number of nitrogens with one attached hydrogen (secondary N) is 1. The molecule has 5 aliphatic heterocycles. The Hall–Kier alpha value is -3.92. The third-order valence-corrected chi connectivity index (χ3v) is 29.3. The van der Waals surface area contributed by atoms with E-state index in [-0.39, 0.29) is 24.2 Å². The summed E-state index contributed by atoms with van der Waals surface area (Å²) in [7, 11) is 0.788. The number of benzene rings is 2. The van der Waals surface area contributed by atoms with E-state index >= 15 is 9.59 Å². The average molecular weight is 1080 g/mol. The van der Waals surface area contributed by atoms with Crippen molar-refractivity contribution in [1.29, 1.82) is 0 Å². The van der Waals surface area contributed by atoms with Crippen LogP contribution in [0.1, 0.15) is 100 Å². The molecule has 1 saturated carbocycles. The largest absolute Gasteiger partial charge is 0.496 e. The van der Waals surface area contributed by atoms with E-state index < -0.39 is 61.7 Å². The van der Waals surface area contributed by atoms with Crippen LogP contribution < -0.4 is 9.64 Å². The van der Waals surface area contributed by atoms with Crippen molar-refractivity contribution in [3.8, 4) is 5.75 Å². The number of methoxy groups -OCH3 is 2. The number of anilines is 1. The fraction of sp³-hybridized carbons (Fsp3) is 0.621. The summed E-state index contributed by atoms with van der Waals surface area (Å²) in [5.41, 5.74) is -1.65. The first-order chi connectivity index (χ1) is 35.5. The number of aryl methyl sites for hydroxylation is 1. The molecule has 1 unspecified atom stereocenters. The van der Waals surface area contributed by atoms with Gasteiger partial charge in [-0.15, -0.1) is 0 Å². The molecule has 14 nitrogen and oxygen atoms in total. The number of hydrogen-bond donors (Lipinski definition) is 4. The van der Waals surface area contributed by atoms with Crippen molar-refractivity contribution >= 4 is 56.7 Å². The number of unbranched alkanes of at least 4 members (excludes halogenated alkanes) is 1. The van der Waals surface area contributed by atoms with Crippen LogP contribution in [0.25, 0.3) is 10.9 Å². The number of thioether (sulfide) groups is 1. The summed E-state index contributed by atoms with van der Waals surface area (Å²) in [6.07, 6.45) is 11.1. The number of aromatic nitrogens is 3. The van der Waals surface area contributed by atoms with Crippen molar-refractivity contribution in [1.82, 2.24) is 24.8 Å². The van der Waals surface area contributed by atoms with Gasteiger partial charge in [0.15, 0.2) is 33.2 Å². The quantitative estimate of drug-likeness (QED) is 0.0211. The molecule has 2 saturated heterocycles. The number of aromatic amines is 1. The lowest BCUT2D eigenvalue weighted by Crippen LogP contribution is -2.86. The van der Waals surface area contributed by atoms with Crippen LogP contribution in [0.5, 0.6) is 5.75 Å². The van der Waals surface area contributed by atoms with Gasteiger partial charge >= 0.3 is 5.97 Å². The minimum absolute atomic E-state index is 0.0958. The van der Waals surface area contributed by atoms with Gasteiger partial charge in [0, 0.05) is 108 Å². The molecule has 2 aromatic heterocycles. The summed E-state index contributed by atoms with van der Waals surface area (Å²) in [6, 6.07) is 13.0. The molecule has 4 aromatic rings. The lowest BCUT2D eigenvalue weighted by atomic mass is 9.42. The molecule has 0 radical (unpaired) electrons. The normalized spacial score (nSPS) is 33.2. The molecule has 10 rings (SSSR count). The Morgan fingerprint density at radius 1 is 0.973 bits per heavy atom. The number of ether oxygens (including phenoxy) is 2. The van der Waals surface area contributed by atoms with Gasteiger partial charge in [-0.1, -0.05) is 62.4 Å². The highest BCUT2D eigenvalue weighted by Gasteiger charge is 2.83. The molecule has 17 heteroatoms. The number of fused-ring (bicyclic) bond motifs is 6. The fourth-order valence-electron chi connectivity index (χ4n) is 16.1. The number of para-hydroxylation sites is 1. The van der Waals surface area contributed by atoms with E-state index in [0.29, 0.717) is 82.4 Å². The third kappa shape index (κ3) is 8.28. The number of Topliss-reactive ketones (excluding diaryl/α,β-unsaturated/α-hetero) is 1. The maximum Gasteiger partial charge on any atom is 0.322 e. The number of aliphatic hydroxyl groups excluding tert-OH is 1. The third-order valence-electron chi connectivity index (χ3n) is 19.4. The van der Waals surface area contributed by atoms with Gasteiger partial charge in [0.05, 0.1) is 25.4 Å². The van der Waals surface area contributed by atoms with Crippen LogP contribution in [-0.2, 0) is 35.7 Å². The predicted octanol–water partition coefficient (Wildman–Crippen LogP) is 8.23. The van der Waals surface area contributed by atoms with Crippen molar-refractivity contribution in [3.63, 3.8) is 0 Å². The van der Waals surface area contributed by atoms with Crippen molar-refractivity contribution < 1.29 is 38.5 Å². The number of ketones is 1. The number of esters is 1. The lowest BCUT2D eigenvalue weighted by molar-refractivity contribution is -0.222. The molecule has 4 N–H and O–H groups in total. The highest BCUT2D eigenvalue weighted by molar-refractivity contribution is 8.00. The van der Waals surface area contributed by atoms with E-state index in [2.05, 4.69) is 93.1 Å². The maximum atomic E-state index is 15.7. The Bertz CT molecular complexity index is 2880. The van der Waals surface area contributed by atoms with Gasteiger partial charge in [-0.3, -0.25) is 19.4 Å². The minimum Gasteiger partial charge on any atom is -0.496 e. The van der Waals surface area contributed by atoms with Gasteiger partial charge in [0.25, 0.3) is 0 Å². The molecule has 10 atom stereocenters. The molecule has 406 valence electrons. The topological polar surface area (TPSA) is 174 Å². The first-order valence-electron chi connectivity index (χ1n) is 27.6. The molecule has 75 heavy (non-hydrogen) atoms. The van der Waals surface area contributed by atoms with E-state index in [0.717, 1.165) is 68.5 Å². The van der Waals surface area contributed by atoms with Gasteiger partial charge < -0.3 is 38.8 Å². The van der Waals surface area contributed by atoms with E-state index in [1.165, 1.54) is 7.11 Å². The number of carbonyl (C=O) groups is 2. The monoisotopic (exact) mass is 1080 g/mol.